The third kappa shape index (κ3) is 6.23. The van der Waals surface area contributed by atoms with Crippen molar-refractivity contribution in [3.8, 4) is 0 Å². The zero-order valence-corrected chi connectivity index (χ0v) is 18.7. The van der Waals surface area contributed by atoms with E-state index in [1.54, 1.807) is 16.2 Å². The molecule has 4 nitrogen and oxygen atoms in total. The summed E-state index contributed by atoms with van der Waals surface area (Å²) in [6.07, 6.45) is 0.711. The second-order valence-electron chi connectivity index (χ2n) is 6.79. The van der Waals surface area contributed by atoms with Crippen molar-refractivity contribution >= 4 is 46.4 Å². The van der Waals surface area contributed by atoms with E-state index in [4.69, 9.17) is 23.2 Å². The summed E-state index contributed by atoms with van der Waals surface area (Å²) in [5, 5.41) is 2.02. The lowest BCUT2D eigenvalue weighted by Crippen LogP contribution is -2.48. The monoisotopic (exact) mass is 440 g/mol. The molecule has 0 saturated carbocycles. The largest absolute Gasteiger partial charge is 0.332 e. The van der Waals surface area contributed by atoms with Gasteiger partial charge in [-0.3, -0.25) is 9.59 Å². The fourth-order valence-corrected chi connectivity index (χ4v) is 3.99. The van der Waals surface area contributed by atoms with Crippen LogP contribution in [0.5, 0.6) is 0 Å². The van der Waals surface area contributed by atoms with Gasteiger partial charge in [-0.2, -0.15) is 0 Å². The molecule has 0 fully saturated rings. The summed E-state index contributed by atoms with van der Waals surface area (Å²) >= 11 is 13.2. The Bertz CT molecular complexity index is 780. The van der Waals surface area contributed by atoms with E-state index >= 15 is 0 Å². The van der Waals surface area contributed by atoms with E-state index in [1.165, 1.54) is 4.90 Å². The first kappa shape index (κ1) is 22.7. The zero-order valence-electron chi connectivity index (χ0n) is 16.4. The van der Waals surface area contributed by atoms with Crippen LogP contribution in [-0.2, 0) is 22.7 Å². The zero-order chi connectivity index (χ0) is 20.7. The van der Waals surface area contributed by atoms with Crippen LogP contribution in [-0.4, -0.2) is 39.0 Å². The molecule has 1 aromatic heterocycles. The molecule has 0 aliphatic heterocycles. The molecule has 1 aromatic carbocycles. The molecule has 1 heterocycles. The lowest BCUT2D eigenvalue weighted by molar-refractivity contribution is -0.142. The van der Waals surface area contributed by atoms with E-state index < -0.39 is 10.7 Å². The number of hydrogen-bond acceptors (Lipinski definition) is 3. The van der Waals surface area contributed by atoms with Gasteiger partial charge >= 0.3 is 0 Å². The summed E-state index contributed by atoms with van der Waals surface area (Å²) in [5.41, 5.74) is 2.20. The number of alkyl halides is 2. The Morgan fingerprint density at radius 2 is 1.79 bits per heavy atom. The van der Waals surface area contributed by atoms with Gasteiger partial charge < -0.3 is 9.80 Å². The maximum Gasteiger partial charge on any atom is 0.256 e. The average molecular weight is 441 g/mol. The molecule has 0 bridgehead atoms. The quantitative estimate of drug-likeness (QED) is 0.513. The fourth-order valence-electron chi connectivity index (χ4n) is 2.82. The van der Waals surface area contributed by atoms with E-state index in [1.807, 2.05) is 62.5 Å². The van der Waals surface area contributed by atoms with Crippen molar-refractivity contribution < 1.29 is 9.59 Å². The standard InChI is InChI=1S/C21H26Cl2N2O2S/c1-4-16(3)25(21(27)20(22)23)14-19(26)24(12-17-8-6-5-7-9-17)13-18-15(2)10-11-28-18/h5-11,16,20H,4,12-14H2,1-3H3. The Balaban J connectivity index is 2.23. The van der Waals surface area contributed by atoms with Crippen molar-refractivity contribution in [3.63, 3.8) is 0 Å². The van der Waals surface area contributed by atoms with Crippen molar-refractivity contribution in [2.24, 2.45) is 0 Å². The predicted octanol–water partition coefficient (Wildman–Crippen LogP) is 5.02. The summed E-state index contributed by atoms with van der Waals surface area (Å²) in [7, 11) is 0. The van der Waals surface area contributed by atoms with Gasteiger partial charge in [0.15, 0.2) is 4.84 Å². The molecule has 2 amide bonds. The molecule has 0 spiro atoms. The normalized spacial score (nSPS) is 12.1. The van der Waals surface area contributed by atoms with Gasteiger partial charge in [-0.25, -0.2) is 0 Å². The van der Waals surface area contributed by atoms with Gasteiger partial charge in [0.05, 0.1) is 6.54 Å². The maximum atomic E-state index is 13.2. The van der Waals surface area contributed by atoms with Crippen LogP contribution in [0, 0.1) is 6.92 Å². The topological polar surface area (TPSA) is 40.6 Å². The van der Waals surface area contributed by atoms with E-state index in [0.29, 0.717) is 19.5 Å². The van der Waals surface area contributed by atoms with Crippen LogP contribution in [0.4, 0.5) is 0 Å². The highest BCUT2D eigenvalue weighted by atomic mass is 35.5. The molecule has 7 heteroatoms. The SMILES string of the molecule is CCC(C)N(CC(=O)N(Cc1ccccc1)Cc1sccc1C)C(=O)C(Cl)Cl. The van der Waals surface area contributed by atoms with Crippen LogP contribution in [0.1, 0.15) is 36.3 Å². The number of carbonyl (C=O) groups is 2. The van der Waals surface area contributed by atoms with E-state index in [0.717, 1.165) is 16.0 Å². The Morgan fingerprint density at radius 1 is 1.11 bits per heavy atom. The number of rotatable bonds is 9. The Morgan fingerprint density at radius 3 is 2.32 bits per heavy atom. The van der Waals surface area contributed by atoms with Crippen LogP contribution in [0.3, 0.4) is 0 Å². The minimum Gasteiger partial charge on any atom is -0.332 e. The van der Waals surface area contributed by atoms with E-state index in [-0.39, 0.29) is 18.5 Å². The number of carbonyl (C=O) groups excluding carboxylic acids is 2. The van der Waals surface area contributed by atoms with Gasteiger partial charge in [0.2, 0.25) is 5.91 Å². The number of aryl methyl sites for hydroxylation is 1. The minimum atomic E-state index is -1.18. The molecule has 0 aliphatic rings. The van der Waals surface area contributed by atoms with Crippen LogP contribution >= 0.6 is 34.5 Å². The van der Waals surface area contributed by atoms with Gasteiger partial charge in [-0.05, 0) is 42.8 Å². The molecule has 0 N–H and O–H groups in total. The Kier molecular flexibility index (Phi) is 8.80. The van der Waals surface area contributed by atoms with Crippen molar-refractivity contribution in [2.45, 2.75) is 51.2 Å². The first-order chi connectivity index (χ1) is 13.3. The van der Waals surface area contributed by atoms with Gasteiger partial charge in [0.25, 0.3) is 5.91 Å². The molecule has 0 radical (unpaired) electrons. The van der Waals surface area contributed by atoms with Gasteiger partial charge in [-0.1, -0.05) is 60.5 Å². The highest BCUT2D eigenvalue weighted by molar-refractivity contribution is 7.10. The average Bonchev–Trinajstić information content (AvgIpc) is 3.09. The number of benzene rings is 1. The third-order valence-corrected chi connectivity index (χ3v) is 6.15. The second kappa shape index (κ2) is 10.8. The lowest BCUT2D eigenvalue weighted by atomic mass is 10.2. The number of thiophene rings is 1. The molecule has 2 aromatic rings. The van der Waals surface area contributed by atoms with E-state index in [9.17, 15) is 9.59 Å². The first-order valence-corrected chi connectivity index (χ1v) is 11.0. The van der Waals surface area contributed by atoms with Crippen molar-refractivity contribution in [2.75, 3.05) is 6.54 Å². The molecule has 2 rings (SSSR count). The van der Waals surface area contributed by atoms with Crippen LogP contribution < -0.4 is 0 Å². The molecule has 1 unspecified atom stereocenters. The molecule has 0 aliphatic carbocycles. The molecular weight excluding hydrogens is 415 g/mol. The van der Waals surface area contributed by atoms with Crippen LogP contribution in [0.15, 0.2) is 41.8 Å². The van der Waals surface area contributed by atoms with Crippen LogP contribution in [0.2, 0.25) is 0 Å². The number of nitrogens with zero attached hydrogens (tertiary/aromatic N) is 2. The molecule has 28 heavy (non-hydrogen) atoms. The van der Waals surface area contributed by atoms with Crippen LogP contribution in [0.25, 0.3) is 0 Å². The van der Waals surface area contributed by atoms with Crippen molar-refractivity contribution in [1.29, 1.82) is 0 Å². The lowest BCUT2D eigenvalue weighted by Gasteiger charge is -2.31. The molecule has 152 valence electrons. The predicted molar refractivity (Wildman–Crippen MR) is 117 cm³/mol. The highest BCUT2D eigenvalue weighted by Gasteiger charge is 2.28. The van der Waals surface area contributed by atoms with Crippen molar-refractivity contribution in [1.82, 2.24) is 9.80 Å². The number of amides is 2. The summed E-state index contributed by atoms with van der Waals surface area (Å²) < 4.78 is 0. The van der Waals surface area contributed by atoms with Crippen molar-refractivity contribution in [3.05, 3.63) is 57.8 Å². The first-order valence-electron chi connectivity index (χ1n) is 9.26. The summed E-state index contributed by atoms with van der Waals surface area (Å²) in [6.45, 7) is 6.84. The maximum absolute atomic E-state index is 13.2. The van der Waals surface area contributed by atoms with E-state index in [2.05, 4.69) is 0 Å². The number of hydrogen-bond donors (Lipinski definition) is 0. The van der Waals surface area contributed by atoms with Gasteiger partial charge in [0, 0.05) is 17.5 Å². The third-order valence-electron chi connectivity index (χ3n) is 4.77. The Hall–Kier alpha value is -1.56. The Labute approximate surface area is 181 Å². The second-order valence-corrected chi connectivity index (χ2v) is 8.88. The van der Waals surface area contributed by atoms with Gasteiger partial charge in [-0.15, -0.1) is 11.3 Å². The summed E-state index contributed by atoms with van der Waals surface area (Å²) in [6, 6.07) is 11.8. The minimum absolute atomic E-state index is 0.0406. The summed E-state index contributed by atoms with van der Waals surface area (Å²) in [4.78, 5) is 28.8. The molecule has 0 saturated heterocycles. The smallest absolute Gasteiger partial charge is 0.256 e. The highest BCUT2D eigenvalue weighted by Crippen LogP contribution is 2.20. The summed E-state index contributed by atoms with van der Waals surface area (Å²) in [5.74, 6) is -0.558. The number of halogens is 2. The fraction of sp³-hybridized carbons (Fsp3) is 0.429. The molecule has 1 atom stereocenters. The van der Waals surface area contributed by atoms with Gasteiger partial charge in [0.1, 0.15) is 6.54 Å². The molecular formula is C21H26Cl2N2O2S.